The van der Waals surface area contributed by atoms with Crippen molar-refractivity contribution in [3.05, 3.63) is 54.1 Å². The van der Waals surface area contributed by atoms with Crippen LogP contribution in [0.3, 0.4) is 0 Å². The van der Waals surface area contributed by atoms with Crippen LogP contribution in [0.1, 0.15) is 26.3 Å². The highest BCUT2D eigenvalue weighted by Gasteiger charge is 2.21. The van der Waals surface area contributed by atoms with E-state index in [2.05, 4.69) is 16.0 Å². The largest absolute Gasteiger partial charge is 0.485 e. The topological polar surface area (TPSA) is 97.9 Å². The van der Waals surface area contributed by atoms with Crippen molar-refractivity contribution >= 4 is 23.6 Å². The third-order valence-corrected chi connectivity index (χ3v) is 4.13. The van der Waals surface area contributed by atoms with E-state index in [0.717, 1.165) is 11.3 Å². The van der Waals surface area contributed by atoms with Crippen LogP contribution in [-0.2, 0) is 16.1 Å². The summed E-state index contributed by atoms with van der Waals surface area (Å²) >= 11 is 0. The number of fused-ring (bicyclic) bond motifs is 1. The maximum Gasteiger partial charge on any atom is 0.412 e. The minimum absolute atomic E-state index is 0.215. The van der Waals surface area contributed by atoms with Gasteiger partial charge in [-0.25, -0.2) is 9.59 Å². The second-order valence-corrected chi connectivity index (χ2v) is 7.90. The summed E-state index contributed by atoms with van der Waals surface area (Å²) in [6.07, 6.45) is -1.26. The molecule has 3 N–H and O–H groups in total. The number of hydrogen-bond acceptors (Lipinski definition) is 6. The van der Waals surface area contributed by atoms with Crippen LogP contribution in [0.4, 0.5) is 21.0 Å². The number of amides is 2. The molecule has 2 aromatic carbocycles. The Kier molecular flexibility index (Phi) is 6.66. The van der Waals surface area contributed by atoms with Crippen molar-refractivity contribution in [2.45, 2.75) is 39.1 Å². The maximum atomic E-state index is 11.9. The SMILES string of the molecule is CC(C)(C)OC(=O)Nc1ccc2c(c1)NC[C@@H](CNC(=O)OCc1ccccc1)O2. The molecule has 2 amide bonds. The van der Waals surface area contributed by atoms with E-state index in [1.165, 1.54) is 0 Å². The Bertz CT molecular complexity index is 880. The van der Waals surface area contributed by atoms with Gasteiger partial charge in [0, 0.05) is 5.69 Å². The van der Waals surface area contributed by atoms with Gasteiger partial charge in [-0.05, 0) is 44.5 Å². The van der Waals surface area contributed by atoms with Crippen molar-refractivity contribution in [2.75, 3.05) is 23.7 Å². The number of carbonyl (C=O) groups excluding carboxylic acids is 2. The second kappa shape index (κ2) is 9.39. The van der Waals surface area contributed by atoms with Crippen molar-refractivity contribution in [1.82, 2.24) is 5.32 Å². The summed E-state index contributed by atoms with van der Waals surface area (Å²) in [5, 5.41) is 8.66. The van der Waals surface area contributed by atoms with E-state index in [1.807, 2.05) is 30.3 Å². The van der Waals surface area contributed by atoms with Gasteiger partial charge in [0.15, 0.2) is 0 Å². The van der Waals surface area contributed by atoms with Crippen molar-refractivity contribution in [3.63, 3.8) is 0 Å². The Labute approximate surface area is 175 Å². The second-order valence-electron chi connectivity index (χ2n) is 7.90. The van der Waals surface area contributed by atoms with Crippen LogP contribution in [0.25, 0.3) is 0 Å². The number of rotatable bonds is 5. The first-order valence-corrected chi connectivity index (χ1v) is 9.77. The molecule has 1 atom stereocenters. The van der Waals surface area contributed by atoms with E-state index in [0.29, 0.717) is 24.5 Å². The molecule has 160 valence electrons. The molecule has 0 bridgehead atoms. The first-order valence-electron chi connectivity index (χ1n) is 9.77. The average Bonchev–Trinajstić information content (AvgIpc) is 2.70. The molecule has 0 aliphatic carbocycles. The lowest BCUT2D eigenvalue weighted by Gasteiger charge is -2.28. The average molecular weight is 413 g/mol. The van der Waals surface area contributed by atoms with Gasteiger partial charge in [0.2, 0.25) is 0 Å². The van der Waals surface area contributed by atoms with Crippen LogP contribution in [0.5, 0.6) is 5.75 Å². The zero-order valence-electron chi connectivity index (χ0n) is 17.4. The predicted molar refractivity (Wildman–Crippen MR) is 114 cm³/mol. The number of hydrogen-bond donors (Lipinski definition) is 3. The molecule has 0 spiro atoms. The maximum absolute atomic E-state index is 11.9. The highest BCUT2D eigenvalue weighted by Crippen LogP contribution is 2.31. The molecule has 1 aliphatic rings. The fourth-order valence-corrected chi connectivity index (χ4v) is 2.80. The number of ether oxygens (including phenoxy) is 3. The molecule has 1 heterocycles. The summed E-state index contributed by atoms with van der Waals surface area (Å²) < 4.78 is 16.4. The van der Waals surface area contributed by atoms with Gasteiger partial charge < -0.3 is 24.8 Å². The lowest BCUT2D eigenvalue weighted by atomic mass is 10.2. The summed E-state index contributed by atoms with van der Waals surface area (Å²) in [6.45, 7) is 6.44. The highest BCUT2D eigenvalue weighted by atomic mass is 16.6. The number of alkyl carbamates (subject to hydrolysis) is 1. The van der Waals surface area contributed by atoms with E-state index in [9.17, 15) is 9.59 Å². The summed E-state index contributed by atoms with van der Waals surface area (Å²) in [5.74, 6) is 0.639. The fraction of sp³-hybridized carbons (Fsp3) is 0.364. The number of carbonyl (C=O) groups is 2. The van der Waals surface area contributed by atoms with Crippen LogP contribution in [0.15, 0.2) is 48.5 Å². The molecule has 0 radical (unpaired) electrons. The van der Waals surface area contributed by atoms with E-state index in [-0.39, 0.29) is 12.7 Å². The van der Waals surface area contributed by atoms with Crippen molar-refractivity contribution < 1.29 is 23.8 Å². The lowest BCUT2D eigenvalue weighted by molar-refractivity contribution is 0.0636. The molecular weight excluding hydrogens is 386 g/mol. The smallest absolute Gasteiger partial charge is 0.412 e. The van der Waals surface area contributed by atoms with Gasteiger partial charge in [-0.2, -0.15) is 0 Å². The first kappa shape index (κ1) is 21.3. The molecule has 0 unspecified atom stereocenters. The zero-order valence-corrected chi connectivity index (χ0v) is 17.4. The Balaban J connectivity index is 1.45. The Hall–Kier alpha value is -3.42. The monoisotopic (exact) mass is 413 g/mol. The molecule has 2 aromatic rings. The molecule has 0 fully saturated rings. The van der Waals surface area contributed by atoms with Crippen LogP contribution in [0.2, 0.25) is 0 Å². The van der Waals surface area contributed by atoms with Gasteiger partial charge in [0.05, 0.1) is 18.8 Å². The lowest BCUT2D eigenvalue weighted by Crippen LogP contribution is -2.41. The molecule has 0 saturated carbocycles. The Morgan fingerprint density at radius 1 is 1.13 bits per heavy atom. The fourth-order valence-electron chi connectivity index (χ4n) is 2.80. The van der Waals surface area contributed by atoms with Crippen LogP contribution < -0.4 is 20.7 Å². The molecule has 8 nitrogen and oxygen atoms in total. The summed E-state index contributed by atoms with van der Waals surface area (Å²) in [6, 6.07) is 14.7. The minimum Gasteiger partial charge on any atom is -0.485 e. The molecule has 8 heteroatoms. The number of anilines is 2. The van der Waals surface area contributed by atoms with Gasteiger partial charge in [-0.15, -0.1) is 0 Å². The number of benzene rings is 2. The van der Waals surface area contributed by atoms with E-state index >= 15 is 0 Å². The number of nitrogens with one attached hydrogen (secondary N) is 3. The predicted octanol–water partition coefficient (Wildman–Crippen LogP) is 4.13. The summed E-state index contributed by atoms with van der Waals surface area (Å²) in [5.41, 5.74) is 1.71. The molecule has 3 rings (SSSR count). The van der Waals surface area contributed by atoms with Crippen LogP contribution in [0, 0.1) is 0 Å². The Morgan fingerprint density at radius 3 is 2.63 bits per heavy atom. The standard InChI is InChI=1S/C22H27N3O5/c1-22(2,3)30-21(27)25-16-9-10-19-18(11-16)23-12-17(29-19)13-24-20(26)28-14-15-7-5-4-6-8-15/h4-11,17,23H,12-14H2,1-3H3,(H,24,26)(H,25,27)/t17-/m0/s1. The van der Waals surface area contributed by atoms with Crippen LogP contribution in [-0.4, -0.2) is 37.0 Å². The molecule has 0 saturated heterocycles. The molecule has 0 aromatic heterocycles. The summed E-state index contributed by atoms with van der Waals surface area (Å²) in [7, 11) is 0. The quantitative estimate of drug-likeness (QED) is 0.682. The highest BCUT2D eigenvalue weighted by molar-refractivity contribution is 5.86. The third-order valence-electron chi connectivity index (χ3n) is 4.13. The Morgan fingerprint density at radius 2 is 1.90 bits per heavy atom. The molecule has 1 aliphatic heterocycles. The van der Waals surface area contributed by atoms with Crippen molar-refractivity contribution in [1.29, 1.82) is 0 Å². The van der Waals surface area contributed by atoms with Crippen molar-refractivity contribution in [2.24, 2.45) is 0 Å². The summed E-state index contributed by atoms with van der Waals surface area (Å²) in [4.78, 5) is 23.8. The minimum atomic E-state index is -0.567. The third kappa shape index (κ3) is 6.58. The van der Waals surface area contributed by atoms with Gasteiger partial charge in [0.25, 0.3) is 0 Å². The van der Waals surface area contributed by atoms with E-state index in [1.54, 1.807) is 39.0 Å². The van der Waals surface area contributed by atoms with E-state index < -0.39 is 17.8 Å². The van der Waals surface area contributed by atoms with Crippen LogP contribution >= 0.6 is 0 Å². The normalized spacial score (nSPS) is 15.1. The van der Waals surface area contributed by atoms with Gasteiger partial charge in [-0.1, -0.05) is 30.3 Å². The van der Waals surface area contributed by atoms with Gasteiger partial charge in [-0.3, -0.25) is 5.32 Å². The van der Waals surface area contributed by atoms with Gasteiger partial charge >= 0.3 is 12.2 Å². The first-order chi connectivity index (χ1) is 14.3. The molecular formula is C22H27N3O5. The zero-order chi connectivity index (χ0) is 21.6. The van der Waals surface area contributed by atoms with E-state index in [4.69, 9.17) is 14.2 Å². The molecule has 30 heavy (non-hydrogen) atoms. The van der Waals surface area contributed by atoms with Crippen molar-refractivity contribution in [3.8, 4) is 5.75 Å². The van der Waals surface area contributed by atoms with Gasteiger partial charge in [0.1, 0.15) is 24.1 Å².